The lowest BCUT2D eigenvalue weighted by atomic mass is 10.1. The summed E-state index contributed by atoms with van der Waals surface area (Å²) >= 11 is 0. The zero-order valence-electron chi connectivity index (χ0n) is 11.7. The molecule has 1 aromatic carbocycles. The Hall–Kier alpha value is -2.53. The quantitative estimate of drug-likeness (QED) is 0.779. The zero-order chi connectivity index (χ0) is 14.7. The molecule has 0 radical (unpaired) electrons. The summed E-state index contributed by atoms with van der Waals surface area (Å²) in [5.74, 6) is 2.01. The minimum atomic E-state index is 0.390. The van der Waals surface area contributed by atoms with Crippen molar-refractivity contribution in [2.24, 2.45) is 0 Å². The van der Waals surface area contributed by atoms with Crippen molar-refractivity contribution < 1.29 is 13.9 Å². The van der Waals surface area contributed by atoms with Crippen molar-refractivity contribution in [3.05, 3.63) is 54.0 Å². The maximum atomic E-state index is 5.98. The second kappa shape index (κ2) is 5.85. The number of anilines is 1. The smallest absolute Gasteiger partial charge is 0.129 e. The third-order valence-electron chi connectivity index (χ3n) is 3.22. The third kappa shape index (κ3) is 2.98. The fourth-order valence-corrected chi connectivity index (χ4v) is 2.10. The zero-order valence-corrected chi connectivity index (χ0v) is 11.7. The van der Waals surface area contributed by atoms with Crippen LogP contribution in [0.5, 0.6) is 5.75 Å². The molecule has 0 amide bonds. The van der Waals surface area contributed by atoms with Crippen LogP contribution in [-0.4, -0.2) is 12.1 Å². The van der Waals surface area contributed by atoms with Crippen LogP contribution in [0.15, 0.2) is 47.1 Å². The predicted octanol–water partition coefficient (Wildman–Crippen LogP) is 3.14. The predicted molar refractivity (Wildman–Crippen MR) is 79.9 cm³/mol. The van der Waals surface area contributed by atoms with E-state index < -0.39 is 0 Å². The maximum absolute atomic E-state index is 5.98. The van der Waals surface area contributed by atoms with Gasteiger partial charge in [-0.15, -0.1) is 0 Å². The topological polar surface area (TPSA) is 70.5 Å². The number of pyridine rings is 1. The number of fused-ring (bicyclic) bond motifs is 1. The number of ether oxygens (including phenoxy) is 2. The van der Waals surface area contributed by atoms with Gasteiger partial charge < -0.3 is 19.6 Å². The molecular weight excluding hydrogens is 268 g/mol. The molecule has 3 rings (SSSR count). The lowest BCUT2D eigenvalue weighted by molar-refractivity contribution is 0.0932. The first-order chi connectivity index (χ1) is 10.3. The molecule has 2 aromatic heterocycles. The van der Waals surface area contributed by atoms with Crippen LogP contribution in [0.2, 0.25) is 0 Å². The van der Waals surface area contributed by atoms with Crippen LogP contribution in [0.25, 0.3) is 10.9 Å². The Balaban J connectivity index is 1.77. The molecule has 0 aliphatic rings. The minimum absolute atomic E-state index is 0.390. The highest BCUT2D eigenvalue weighted by molar-refractivity contribution is 5.82. The van der Waals surface area contributed by atoms with E-state index in [4.69, 9.17) is 19.6 Å². The number of furan rings is 1. The largest absolute Gasteiger partial charge is 0.497 e. The standard InChI is InChI=1S/C16H16N2O3/c1-19-13-5-4-11-7-12(16(17)18-15(11)8-13)9-20-10-14-3-2-6-21-14/h2-8H,9-10H2,1H3,(H2,17,18). The number of hydrogen-bond donors (Lipinski definition) is 1. The third-order valence-corrected chi connectivity index (χ3v) is 3.22. The summed E-state index contributed by atoms with van der Waals surface area (Å²) in [5, 5.41) is 1.00. The number of rotatable bonds is 5. The van der Waals surface area contributed by atoms with E-state index >= 15 is 0 Å². The molecule has 0 aliphatic heterocycles. The van der Waals surface area contributed by atoms with Gasteiger partial charge in [0.05, 0.1) is 25.5 Å². The number of hydrogen-bond acceptors (Lipinski definition) is 5. The molecule has 3 aromatic rings. The van der Waals surface area contributed by atoms with Crippen molar-refractivity contribution in [1.82, 2.24) is 4.98 Å². The number of methoxy groups -OCH3 is 1. The molecule has 0 saturated heterocycles. The van der Waals surface area contributed by atoms with Crippen molar-refractivity contribution in [2.45, 2.75) is 13.2 Å². The molecule has 0 fully saturated rings. The lowest BCUT2D eigenvalue weighted by Crippen LogP contribution is -2.01. The van der Waals surface area contributed by atoms with Crippen LogP contribution in [-0.2, 0) is 18.0 Å². The average molecular weight is 284 g/mol. The molecule has 5 nitrogen and oxygen atoms in total. The van der Waals surface area contributed by atoms with Crippen LogP contribution in [0.3, 0.4) is 0 Å². The molecule has 0 aliphatic carbocycles. The molecule has 2 heterocycles. The minimum Gasteiger partial charge on any atom is -0.497 e. The average Bonchev–Trinajstić information content (AvgIpc) is 3.00. The maximum Gasteiger partial charge on any atom is 0.129 e. The van der Waals surface area contributed by atoms with Gasteiger partial charge in [0.15, 0.2) is 0 Å². The summed E-state index contributed by atoms with van der Waals surface area (Å²) in [6.07, 6.45) is 1.62. The molecule has 0 unspecified atom stereocenters. The van der Waals surface area contributed by atoms with Crippen molar-refractivity contribution in [3.63, 3.8) is 0 Å². The van der Waals surface area contributed by atoms with E-state index in [0.717, 1.165) is 28.0 Å². The summed E-state index contributed by atoms with van der Waals surface area (Å²) in [7, 11) is 1.63. The molecule has 2 N–H and O–H groups in total. The van der Waals surface area contributed by atoms with Gasteiger partial charge >= 0.3 is 0 Å². The van der Waals surface area contributed by atoms with E-state index in [9.17, 15) is 0 Å². The Morgan fingerprint density at radius 2 is 2.10 bits per heavy atom. The molecular formula is C16H16N2O3. The van der Waals surface area contributed by atoms with Gasteiger partial charge in [-0.25, -0.2) is 4.98 Å². The van der Waals surface area contributed by atoms with Gasteiger partial charge in [0.1, 0.15) is 23.9 Å². The van der Waals surface area contributed by atoms with Gasteiger partial charge in [-0.3, -0.25) is 0 Å². The Labute approximate surface area is 122 Å². The molecule has 21 heavy (non-hydrogen) atoms. The van der Waals surface area contributed by atoms with Gasteiger partial charge in [-0.2, -0.15) is 0 Å². The highest BCUT2D eigenvalue weighted by atomic mass is 16.5. The summed E-state index contributed by atoms with van der Waals surface area (Å²) in [4.78, 5) is 4.39. The van der Waals surface area contributed by atoms with Crippen LogP contribution in [0.1, 0.15) is 11.3 Å². The lowest BCUT2D eigenvalue weighted by Gasteiger charge is -2.08. The van der Waals surface area contributed by atoms with Crippen LogP contribution in [0, 0.1) is 0 Å². The Kier molecular flexibility index (Phi) is 3.75. The van der Waals surface area contributed by atoms with E-state index in [2.05, 4.69) is 4.98 Å². The number of benzene rings is 1. The Bertz CT molecular complexity index is 739. The molecule has 0 atom stereocenters. The highest BCUT2D eigenvalue weighted by Gasteiger charge is 2.06. The number of nitrogen functional groups attached to an aromatic ring is 1. The Morgan fingerprint density at radius 1 is 1.19 bits per heavy atom. The first kappa shape index (κ1) is 13.5. The molecule has 0 bridgehead atoms. The van der Waals surface area contributed by atoms with Gasteiger partial charge in [0.25, 0.3) is 0 Å². The SMILES string of the molecule is COc1ccc2cc(COCc3ccco3)c(N)nc2c1. The molecule has 0 spiro atoms. The fraction of sp³-hybridized carbons (Fsp3) is 0.188. The van der Waals surface area contributed by atoms with Gasteiger partial charge in [0.2, 0.25) is 0 Å². The van der Waals surface area contributed by atoms with E-state index in [1.165, 1.54) is 0 Å². The fourth-order valence-electron chi connectivity index (χ4n) is 2.10. The Morgan fingerprint density at radius 3 is 2.86 bits per heavy atom. The van der Waals surface area contributed by atoms with E-state index in [1.807, 2.05) is 36.4 Å². The molecule has 0 saturated carbocycles. The van der Waals surface area contributed by atoms with Crippen molar-refractivity contribution in [2.75, 3.05) is 12.8 Å². The van der Waals surface area contributed by atoms with Crippen LogP contribution < -0.4 is 10.5 Å². The second-order valence-electron chi connectivity index (χ2n) is 4.66. The molecule has 108 valence electrons. The number of aromatic nitrogens is 1. The summed E-state index contributed by atoms with van der Waals surface area (Å²) in [6.45, 7) is 0.800. The number of nitrogens with zero attached hydrogens (tertiary/aromatic N) is 1. The van der Waals surface area contributed by atoms with Gasteiger partial charge in [-0.05, 0) is 30.3 Å². The monoisotopic (exact) mass is 284 g/mol. The van der Waals surface area contributed by atoms with Crippen molar-refractivity contribution >= 4 is 16.7 Å². The van der Waals surface area contributed by atoms with E-state index in [-0.39, 0.29) is 0 Å². The summed E-state index contributed by atoms with van der Waals surface area (Å²) in [5.41, 5.74) is 7.65. The van der Waals surface area contributed by atoms with Gasteiger partial charge in [-0.1, -0.05) is 0 Å². The normalized spacial score (nSPS) is 10.9. The first-order valence-corrected chi connectivity index (χ1v) is 6.59. The summed E-state index contributed by atoms with van der Waals surface area (Å²) in [6, 6.07) is 11.4. The second-order valence-corrected chi connectivity index (χ2v) is 4.66. The van der Waals surface area contributed by atoms with Crippen molar-refractivity contribution in [1.29, 1.82) is 0 Å². The first-order valence-electron chi connectivity index (χ1n) is 6.59. The van der Waals surface area contributed by atoms with E-state index in [0.29, 0.717) is 19.0 Å². The van der Waals surface area contributed by atoms with Crippen molar-refractivity contribution in [3.8, 4) is 5.75 Å². The molecule has 5 heteroatoms. The highest BCUT2D eigenvalue weighted by Crippen LogP contribution is 2.23. The van der Waals surface area contributed by atoms with Gasteiger partial charge in [0, 0.05) is 17.0 Å². The van der Waals surface area contributed by atoms with E-state index in [1.54, 1.807) is 13.4 Å². The number of nitrogens with two attached hydrogens (primary N) is 1. The van der Waals surface area contributed by atoms with Crippen LogP contribution >= 0.6 is 0 Å². The van der Waals surface area contributed by atoms with Crippen LogP contribution in [0.4, 0.5) is 5.82 Å². The summed E-state index contributed by atoms with van der Waals surface area (Å²) < 4.78 is 16.0.